The minimum atomic E-state index is -0.599. The summed E-state index contributed by atoms with van der Waals surface area (Å²) in [6, 6.07) is 7.84. The van der Waals surface area contributed by atoms with Crippen molar-refractivity contribution >= 4 is 5.91 Å². The summed E-state index contributed by atoms with van der Waals surface area (Å²) in [6.07, 6.45) is 0.00175. The normalized spacial score (nSPS) is 21.4. The van der Waals surface area contributed by atoms with Crippen LogP contribution in [0.15, 0.2) is 24.3 Å². The van der Waals surface area contributed by atoms with Crippen molar-refractivity contribution in [3.8, 4) is 0 Å². The molecule has 110 valence electrons. The zero-order chi connectivity index (χ0) is 14.9. The lowest BCUT2D eigenvalue weighted by Crippen LogP contribution is -2.31. The number of nitrogens with zero attached hydrogens (tertiary/aromatic N) is 1. The number of rotatable bonds is 3. The average Bonchev–Trinajstić information content (AvgIpc) is 2.71. The van der Waals surface area contributed by atoms with Crippen LogP contribution in [-0.4, -0.2) is 29.0 Å². The van der Waals surface area contributed by atoms with Gasteiger partial charge in [0.15, 0.2) is 0 Å². The molecular weight excluding hydrogens is 250 g/mol. The molecule has 0 saturated carbocycles. The number of hydrogen-bond donors (Lipinski definition) is 1. The Kier molecular flexibility index (Phi) is 4.19. The van der Waals surface area contributed by atoms with Gasteiger partial charge in [0.05, 0.1) is 12.6 Å². The van der Waals surface area contributed by atoms with Gasteiger partial charge in [-0.25, -0.2) is 0 Å². The van der Waals surface area contributed by atoms with Gasteiger partial charge in [0.1, 0.15) is 0 Å². The molecule has 2 unspecified atom stereocenters. The Morgan fingerprint density at radius 1 is 1.40 bits per heavy atom. The van der Waals surface area contributed by atoms with Gasteiger partial charge in [0.2, 0.25) is 5.91 Å². The molecule has 0 aliphatic carbocycles. The van der Waals surface area contributed by atoms with E-state index in [1.54, 1.807) is 0 Å². The van der Waals surface area contributed by atoms with Crippen LogP contribution in [-0.2, 0) is 4.79 Å². The number of aliphatic hydroxyl groups is 1. The number of carbonyl (C=O) groups excluding carboxylic acids is 1. The highest BCUT2D eigenvalue weighted by molar-refractivity contribution is 5.78. The van der Waals surface area contributed by atoms with Crippen molar-refractivity contribution in [2.24, 2.45) is 11.3 Å². The first-order valence-electron chi connectivity index (χ1n) is 7.30. The molecular formula is C17H25NO2. The summed E-state index contributed by atoms with van der Waals surface area (Å²) in [5.41, 5.74) is 2.15. The zero-order valence-electron chi connectivity index (χ0n) is 12.9. The lowest BCUT2D eigenvalue weighted by atomic mass is 9.80. The number of hydrogen-bond acceptors (Lipinski definition) is 2. The molecule has 1 amide bonds. The molecule has 1 aliphatic heterocycles. The maximum Gasteiger partial charge on any atom is 0.223 e. The lowest BCUT2D eigenvalue weighted by molar-refractivity contribution is -0.129. The van der Waals surface area contributed by atoms with E-state index in [1.807, 2.05) is 36.1 Å². The first-order valence-corrected chi connectivity index (χ1v) is 7.30. The molecule has 0 radical (unpaired) electrons. The first-order chi connectivity index (χ1) is 9.27. The molecule has 0 aromatic heterocycles. The summed E-state index contributed by atoms with van der Waals surface area (Å²) >= 11 is 0. The van der Waals surface area contributed by atoms with E-state index >= 15 is 0 Å². The summed E-state index contributed by atoms with van der Waals surface area (Å²) < 4.78 is 0. The van der Waals surface area contributed by atoms with Gasteiger partial charge in [-0.1, -0.05) is 50.6 Å². The fourth-order valence-electron chi connectivity index (χ4n) is 2.72. The second kappa shape index (κ2) is 5.57. The summed E-state index contributed by atoms with van der Waals surface area (Å²) in [4.78, 5) is 13.9. The maximum atomic E-state index is 12.1. The van der Waals surface area contributed by atoms with Gasteiger partial charge in [-0.05, 0) is 23.8 Å². The van der Waals surface area contributed by atoms with E-state index in [1.165, 1.54) is 0 Å². The van der Waals surface area contributed by atoms with Gasteiger partial charge in [-0.2, -0.15) is 0 Å². The number of likely N-dealkylation sites (tertiary alicyclic amines) is 1. The predicted octanol–water partition coefficient (Wildman–Crippen LogP) is 2.92. The lowest BCUT2D eigenvalue weighted by Gasteiger charge is -2.27. The van der Waals surface area contributed by atoms with Gasteiger partial charge in [-0.3, -0.25) is 4.79 Å². The fraction of sp³-hybridized carbons (Fsp3) is 0.588. The van der Waals surface area contributed by atoms with Crippen LogP contribution in [0.2, 0.25) is 0 Å². The van der Waals surface area contributed by atoms with Crippen LogP contribution >= 0.6 is 0 Å². The molecule has 1 aromatic carbocycles. The average molecular weight is 275 g/mol. The molecule has 1 saturated heterocycles. The highest BCUT2D eigenvalue weighted by atomic mass is 16.3. The van der Waals surface area contributed by atoms with Gasteiger partial charge in [0.25, 0.3) is 0 Å². The summed E-state index contributed by atoms with van der Waals surface area (Å²) in [5.74, 6) is 0.538. The van der Waals surface area contributed by atoms with Crippen molar-refractivity contribution in [1.82, 2.24) is 4.90 Å². The van der Waals surface area contributed by atoms with Gasteiger partial charge < -0.3 is 10.0 Å². The van der Waals surface area contributed by atoms with Crippen LogP contribution in [0.5, 0.6) is 0 Å². The van der Waals surface area contributed by atoms with Crippen molar-refractivity contribution in [3.05, 3.63) is 35.4 Å². The Bertz CT molecular complexity index is 490. The minimum Gasteiger partial charge on any atom is -0.387 e. The molecule has 1 N–H and O–H groups in total. The van der Waals surface area contributed by atoms with Crippen LogP contribution in [0, 0.1) is 18.3 Å². The summed E-state index contributed by atoms with van der Waals surface area (Å²) in [6.45, 7) is 9.68. The molecule has 2 rings (SSSR count). The number of benzene rings is 1. The third kappa shape index (κ3) is 3.40. The van der Waals surface area contributed by atoms with Crippen LogP contribution in [0.4, 0.5) is 0 Å². The van der Waals surface area contributed by atoms with Gasteiger partial charge >= 0.3 is 0 Å². The number of aliphatic hydroxyl groups excluding tert-OH is 1. The van der Waals surface area contributed by atoms with E-state index in [2.05, 4.69) is 20.8 Å². The molecule has 3 nitrogen and oxygen atoms in total. The predicted molar refractivity (Wildman–Crippen MR) is 80.3 cm³/mol. The Morgan fingerprint density at radius 2 is 2.10 bits per heavy atom. The molecule has 1 fully saturated rings. The Morgan fingerprint density at radius 3 is 2.65 bits per heavy atom. The fourth-order valence-corrected chi connectivity index (χ4v) is 2.72. The van der Waals surface area contributed by atoms with E-state index in [0.717, 1.165) is 17.7 Å². The van der Waals surface area contributed by atoms with Gasteiger partial charge in [-0.15, -0.1) is 0 Å². The molecule has 0 bridgehead atoms. The molecule has 20 heavy (non-hydrogen) atoms. The van der Waals surface area contributed by atoms with E-state index in [9.17, 15) is 9.90 Å². The highest BCUT2D eigenvalue weighted by Gasteiger charge is 2.37. The second-order valence-electron chi connectivity index (χ2n) is 7.00. The SMILES string of the molecule is Cc1cccc(C(O)CN2CC(C(C)(C)C)CC2=O)c1. The van der Waals surface area contributed by atoms with Crippen LogP contribution < -0.4 is 0 Å². The second-order valence-corrected chi connectivity index (χ2v) is 7.00. The molecule has 1 heterocycles. The Labute approximate surface area is 121 Å². The smallest absolute Gasteiger partial charge is 0.223 e. The number of amides is 1. The van der Waals surface area contributed by atoms with Crippen molar-refractivity contribution in [2.75, 3.05) is 13.1 Å². The Balaban J connectivity index is 2.02. The quantitative estimate of drug-likeness (QED) is 0.921. The van der Waals surface area contributed by atoms with E-state index in [0.29, 0.717) is 18.9 Å². The largest absolute Gasteiger partial charge is 0.387 e. The first kappa shape index (κ1) is 15.0. The van der Waals surface area contributed by atoms with E-state index < -0.39 is 6.10 Å². The van der Waals surface area contributed by atoms with E-state index in [-0.39, 0.29) is 11.3 Å². The minimum absolute atomic E-state index is 0.138. The number of aryl methyl sites for hydroxylation is 1. The molecule has 1 aliphatic rings. The molecule has 1 aromatic rings. The number of carbonyl (C=O) groups is 1. The standard InChI is InChI=1S/C17H25NO2/c1-12-6-5-7-13(8-12)15(19)11-18-10-14(9-16(18)20)17(2,3)4/h5-8,14-15,19H,9-11H2,1-4H3. The molecule has 3 heteroatoms. The highest BCUT2D eigenvalue weighted by Crippen LogP contribution is 2.34. The summed E-state index contributed by atoms with van der Waals surface area (Å²) in [5, 5.41) is 10.3. The monoisotopic (exact) mass is 275 g/mol. The number of β-amino-alcohol motifs (C(OH)–C–C–N with tert-alkyl or cyclic N) is 1. The van der Waals surface area contributed by atoms with Crippen molar-refractivity contribution < 1.29 is 9.90 Å². The zero-order valence-corrected chi connectivity index (χ0v) is 12.9. The van der Waals surface area contributed by atoms with Crippen LogP contribution in [0.3, 0.4) is 0 Å². The maximum absolute atomic E-state index is 12.1. The Hall–Kier alpha value is -1.35. The van der Waals surface area contributed by atoms with Crippen LogP contribution in [0.25, 0.3) is 0 Å². The van der Waals surface area contributed by atoms with Gasteiger partial charge in [0, 0.05) is 13.0 Å². The van der Waals surface area contributed by atoms with Crippen LogP contribution in [0.1, 0.15) is 44.4 Å². The topological polar surface area (TPSA) is 40.5 Å². The van der Waals surface area contributed by atoms with Crippen molar-refractivity contribution in [1.29, 1.82) is 0 Å². The third-order valence-corrected chi connectivity index (χ3v) is 4.26. The van der Waals surface area contributed by atoms with E-state index in [4.69, 9.17) is 0 Å². The third-order valence-electron chi connectivity index (χ3n) is 4.26. The molecule has 2 atom stereocenters. The molecule has 0 spiro atoms. The van der Waals surface area contributed by atoms with Crippen molar-refractivity contribution in [2.45, 2.75) is 40.2 Å². The van der Waals surface area contributed by atoms with Crippen molar-refractivity contribution in [3.63, 3.8) is 0 Å². The summed E-state index contributed by atoms with van der Waals surface area (Å²) in [7, 11) is 0.